The molecule has 2 N–H and O–H groups in total. The predicted molar refractivity (Wildman–Crippen MR) is 79.3 cm³/mol. The van der Waals surface area contributed by atoms with Gasteiger partial charge in [0.2, 0.25) is 5.91 Å². The molecule has 1 fully saturated rings. The third-order valence-corrected chi connectivity index (χ3v) is 4.74. The first-order valence-corrected chi connectivity index (χ1v) is 7.91. The van der Waals surface area contributed by atoms with Gasteiger partial charge in [0.1, 0.15) is 0 Å². The Morgan fingerprint density at radius 3 is 2.79 bits per heavy atom. The summed E-state index contributed by atoms with van der Waals surface area (Å²) in [6.07, 6.45) is 3.98. The van der Waals surface area contributed by atoms with Gasteiger partial charge in [0, 0.05) is 0 Å². The smallest absolute Gasteiger partial charge is 0.233 e. The topological polar surface area (TPSA) is 49.3 Å². The Bertz CT molecular complexity index is 390. The zero-order valence-corrected chi connectivity index (χ0v) is 11.9. The van der Waals surface area contributed by atoms with Crippen LogP contribution < -0.4 is 5.32 Å². The zero-order valence-electron chi connectivity index (χ0n) is 11.0. The molecule has 4 heteroatoms. The average Bonchev–Trinajstić information content (AvgIpc) is 2.48. The first-order valence-electron chi connectivity index (χ1n) is 6.86. The first-order chi connectivity index (χ1) is 9.29. The summed E-state index contributed by atoms with van der Waals surface area (Å²) in [5.74, 6) is 1.15. The van der Waals surface area contributed by atoms with Crippen molar-refractivity contribution in [3.8, 4) is 0 Å². The van der Waals surface area contributed by atoms with Crippen molar-refractivity contribution in [3.63, 3.8) is 0 Å². The van der Waals surface area contributed by atoms with Gasteiger partial charge in [-0.3, -0.25) is 4.79 Å². The molecule has 1 heterocycles. The molecule has 1 aliphatic rings. The summed E-state index contributed by atoms with van der Waals surface area (Å²) in [4.78, 5) is 12.1. The second-order valence-corrected chi connectivity index (χ2v) is 6.24. The lowest BCUT2D eigenvalue weighted by Crippen LogP contribution is -2.44. The number of aliphatic hydroxyl groups excluding tert-OH is 1. The van der Waals surface area contributed by atoms with Gasteiger partial charge in [-0.05, 0) is 30.6 Å². The van der Waals surface area contributed by atoms with Crippen molar-refractivity contribution in [2.75, 3.05) is 12.4 Å². The number of rotatable bonds is 5. The Hall–Kier alpha value is -1.00. The van der Waals surface area contributed by atoms with Gasteiger partial charge in [0.05, 0.1) is 17.9 Å². The van der Waals surface area contributed by atoms with E-state index in [0.717, 1.165) is 24.2 Å². The fourth-order valence-electron chi connectivity index (χ4n) is 2.30. The molecule has 1 aromatic carbocycles. The van der Waals surface area contributed by atoms with Crippen molar-refractivity contribution in [2.45, 2.75) is 37.0 Å². The highest BCUT2D eigenvalue weighted by atomic mass is 32.2. The summed E-state index contributed by atoms with van der Waals surface area (Å²) >= 11 is 1.74. The third-order valence-electron chi connectivity index (χ3n) is 3.36. The molecular weight excluding hydrogens is 258 g/mol. The van der Waals surface area contributed by atoms with Gasteiger partial charge in [0.25, 0.3) is 0 Å². The van der Waals surface area contributed by atoms with Gasteiger partial charge in [-0.15, -0.1) is 11.8 Å². The largest absolute Gasteiger partial charge is 0.394 e. The minimum atomic E-state index is -0.183. The molecule has 2 atom stereocenters. The molecule has 1 saturated heterocycles. The first kappa shape index (κ1) is 14.4. The van der Waals surface area contributed by atoms with Gasteiger partial charge < -0.3 is 10.4 Å². The van der Waals surface area contributed by atoms with Crippen molar-refractivity contribution in [3.05, 3.63) is 35.9 Å². The van der Waals surface area contributed by atoms with Gasteiger partial charge in [-0.1, -0.05) is 36.8 Å². The molecule has 1 amide bonds. The second-order valence-electron chi connectivity index (χ2n) is 4.93. The Balaban J connectivity index is 1.86. The average molecular weight is 279 g/mol. The highest BCUT2D eigenvalue weighted by molar-refractivity contribution is 8.00. The maximum absolute atomic E-state index is 12.1. The number of carbonyl (C=O) groups is 1. The molecular formula is C15H21NO2S. The number of carbonyl (C=O) groups excluding carboxylic acids is 1. The monoisotopic (exact) mass is 279 g/mol. The van der Waals surface area contributed by atoms with E-state index >= 15 is 0 Å². The number of aliphatic hydroxyl groups is 1. The number of hydrogen-bond donors (Lipinski definition) is 2. The van der Waals surface area contributed by atoms with Crippen molar-refractivity contribution >= 4 is 17.7 Å². The van der Waals surface area contributed by atoms with Crippen LogP contribution in [-0.2, 0) is 11.2 Å². The minimum absolute atomic E-state index is 0.0159. The van der Waals surface area contributed by atoms with Crippen LogP contribution in [0, 0.1) is 0 Å². The summed E-state index contributed by atoms with van der Waals surface area (Å²) in [6, 6.07) is 9.77. The molecule has 0 aromatic heterocycles. The van der Waals surface area contributed by atoms with Crippen LogP contribution in [0.4, 0.5) is 0 Å². The van der Waals surface area contributed by atoms with E-state index in [2.05, 4.69) is 5.32 Å². The van der Waals surface area contributed by atoms with E-state index in [4.69, 9.17) is 0 Å². The molecule has 0 saturated carbocycles. The molecule has 0 aliphatic carbocycles. The molecule has 1 aliphatic heterocycles. The van der Waals surface area contributed by atoms with Crippen molar-refractivity contribution in [1.82, 2.24) is 5.32 Å². The third kappa shape index (κ3) is 4.55. The molecule has 2 rings (SSSR count). The lowest BCUT2D eigenvalue weighted by Gasteiger charge is -2.23. The number of hydrogen-bond acceptors (Lipinski definition) is 3. The standard InChI is InChI=1S/C15H21NO2S/c17-11-13(10-12-6-2-1-3-7-12)16-15(18)14-8-4-5-9-19-14/h1-3,6-7,13-14,17H,4-5,8-11H2,(H,16,18)/t13-,14?/m0/s1. The predicted octanol–water partition coefficient (Wildman–Crippen LogP) is 1.99. The van der Waals surface area contributed by atoms with Crippen LogP contribution in [0.3, 0.4) is 0 Å². The van der Waals surface area contributed by atoms with Gasteiger partial charge in [-0.2, -0.15) is 0 Å². The number of thioether (sulfide) groups is 1. The maximum Gasteiger partial charge on any atom is 0.233 e. The van der Waals surface area contributed by atoms with E-state index in [0.29, 0.717) is 6.42 Å². The van der Waals surface area contributed by atoms with Crippen LogP contribution in [0.25, 0.3) is 0 Å². The van der Waals surface area contributed by atoms with Gasteiger partial charge >= 0.3 is 0 Å². The fraction of sp³-hybridized carbons (Fsp3) is 0.533. The summed E-state index contributed by atoms with van der Waals surface area (Å²) in [5, 5.41) is 12.5. The van der Waals surface area contributed by atoms with E-state index in [9.17, 15) is 9.90 Å². The normalized spacial score (nSPS) is 20.8. The summed E-state index contributed by atoms with van der Waals surface area (Å²) in [6.45, 7) is -0.0159. The zero-order chi connectivity index (χ0) is 13.5. The highest BCUT2D eigenvalue weighted by Gasteiger charge is 2.23. The van der Waals surface area contributed by atoms with Crippen LogP contribution >= 0.6 is 11.8 Å². The summed E-state index contributed by atoms with van der Waals surface area (Å²) in [5.41, 5.74) is 1.14. The van der Waals surface area contributed by atoms with E-state index in [1.165, 1.54) is 6.42 Å². The maximum atomic E-state index is 12.1. The van der Waals surface area contributed by atoms with E-state index < -0.39 is 0 Å². The Kier molecular flexibility index (Phi) is 5.73. The lowest BCUT2D eigenvalue weighted by atomic mass is 10.1. The van der Waals surface area contributed by atoms with E-state index in [-0.39, 0.29) is 23.8 Å². The molecule has 1 unspecified atom stereocenters. The van der Waals surface area contributed by atoms with E-state index in [1.807, 2.05) is 30.3 Å². The fourth-order valence-corrected chi connectivity index (χ4v) is 3.51. The van der Waals surface area contributed by atoms with E-state index in [1.54, 1.807) is 11.8 Å². The molecule has 19 heavy (non-hydrogen) atoms. The van der Waals surface area contributed by atoms with Crippen LogP contribution in [0.1, 0.15) is 24.8 Å². The SMILES string of the molecule is O=C(N[C@H](CO)Cc1ccccc1)C1CCCCS1. The summed E-state index contributed by atoms with van der Waals surface area (Å²) < 4.78 is 0. The molecule has 1 aromatic rings. The van der Waals surface area contributed by atoms with Crippen LogP contribution in [0.15, 0.2) is 30.3 Å². The Morgan fingerprint density at radius 2 is 2.16 bits per heavy atom. The van der Waals surface area contributed by atoms with Crippen molar-refractivity contribution in [2.24, 2.45) is 0 Å². The number of nitrogens with one attached hydrogen (secondary N) is 1. The number of benzene rings is 1. The highest BCUT2D eigenvalue weighted by Crippen LogP contribution is 2.25. The van der Waals surface area contributed by atoms with Crippen LogP contribution in [0.5, 0.6) is 0 Å². The van der Waals surface area contributed by atoms with Crippen LogP contribution in [-0.4, -0.2) is 34.7 Å². The molecule has 0 spiro atoms. The van der Waals surface area contributed by atoms with Gasteiger partial charge in [0.15, 0.2) is 0 Å². The molecule has 3 nitrogen and oxygen atoms in total. The quantitative estimate of drug-likeness (QED) is 0.866. The summed E-state index contributed by atoms with van der Waals surface area (Å²) in [7, 11) is 0. The Labute approximate surface area is 118 Å². The lowest BCUT2D eigenvalue weighted by molar-refractivity contribution is -0.121. The van der Waals surface area contributed by atoms with Crippen molar-refractivity contribution < 1.29 is 9.90 Å². The molecule has 0 bridgehead atoms. The Morgan fingerprint density at radius 1 is 1.37 bits per heavy atom. The minimum Gasteiger partial charge on any atom is -0.394 e. The van der Waals surface area contributed by atoms with Gasteiger partial charge in [-0.25, -0.2) is 0 Å². The molecule has 104 valence electrons. The molecule has 0 radical (unpaired) electrons. The van der Waals surface area contributed by atoms with Crippen LogP contribution in [0.2, 0.25) is 0 Å². The number of amides is 1. The second kappa shape index (κ2) is 7.56. The van der Waals surface area contributed by atoms with Crippen molar-refractivity contribution in [1.29, 1.82) is 0 Å².